The molecule has 0 amide bonds. The maximum atomic E-state index is 11.5. The van der Waals surface area contributed by atoms with E-state index in [0.29, 0.717) is 6.61 Å². The van der Waals surface area contributed by atoms with E-state index in [1.54, 1.807) is 0 Å². The zero-order chi connectivity index (χ0) is 10.4. The van der Waals surface area contributed by atoms with E-state index < -0.39 is 6.04 Å². The van der Waals surface area contributed by atoms with E-state index >= 15 is 0 Å². The Morgan fingerprint density at radius 2 is 2.50 bits per heavy atom. The summed E-state index contributed by atoms with van der Waals surface area (Å²) >= 11 is 1.50. The summed E-state index contributed by atoms with van der Waals surface area (Å²) in [4.78, 5) is 12.4. The van der Waals surface area contributed by atoms with Crippen molar-refractivity contribution in [2.75, 3.05) is 13.2 Å². The second kappa shape index (κ2) is 5.90. The van der Waals surface area contributed by atoms with Crippen molar-refractivity contribution >= 4 is 17.1 Å². The first-order valence-electron chi connectivity index (χ1n) is 4.65. The van der Waals surface area contributed by atoms with Crippen LogP contribution in [0.15, 0.2) is 17.5 Å². The summed E-state index contributed by atoms with van der Waals surface area (Å²) in [6.07, 6.45) is 0.918. The maximum absolute atomic E-state index is 11.5. The van der Waals surface area contributed by atoms with Crippen LogP contribution in [0.1, 0.15) is 24.3 Å². The molecule has 4 heteroatoms. The Kier molecular flexibility index (Phi) is 4.79. The Morgan fingerprint density at radius 1 is 1.71 bits per heavy atom. The molecule has 0 aliphatic heterocycles. The van der Waals surface area contributed by atoms with Crippen molar-refractivity contribution in [2.24, 2.45) is 5.73 Å². The average Bonchev–Trinajstić information content (AvgIpc) is 2.69. The van der Waals surface area contributed by atoms with Gasteiger partial charge in [0.15, 0.2) is 5.78 Å². The molecule has 0 aromatic carbocycles. The molecule has 0 saturated carbocycles. The van der Waals surface area contributed by atoms with Crippen LogP contribution in [-0.4, -0.2) is 19.0 Å². The molecule has 78 valence electrons. The average molecular weight is 213 g/mol. The SMILES string of the molecule is CCCOCC(=O)C(N)c1cccs1. The number of hydrogen-bond donors (Lipinski definition) is 1. The van der Waals surface area contributed by atoms with Gasteiger partial charge in [-0.1, -0.05) is 13.0 Å². The lowest BCUT2D eigenvalue weighted by Crippen LogP contribution is -2.24. The lowest BCUT2D eigenvalue weighted by Gasteiger charge is -2.08. The van der Waals surface area contributed by atoms with Crippen LogP contribution in [-0.2, 0) is 9.53 Å². The number of Topliss-reactive ketones (excluding diaryl/α,β-unsaturated/α-hetero) is 1. The Balaban J connectivity index is 2.37. The van der Waals surface area contributed by atoms with Crippen molar-refractivity contribution < 1.29 is 9.53 Å². The van der Waals surface area contributed by atoms with Crippen LogP contribution in [0.25, 0.3) is 0 Å². The predicted molar refractivity (Wildman–Crippen MR) is 57.4 cm³/mol. The lowest BCUT2D eigenvalue weighted by atomic mass is 10.2. The van der Waals surface area contributed by atoms with E-state index in [1.807, 2.05) is 24.4 Å². The van der Waals surface area contributed by atoms with Crippen LogP contribution in [0.3, 0.4) is 0 Å². The number of hydrogen-bond acceptors (Lipinski definition) is 4. The normalized spacial score (nSPS) is 12.7. The molecule has 1 aromatic heterocycles. The third-order valence-electron chi connectivity index (χ3n) is 1.79. The number of nitrogens with two attached hydrogens (primary N) is 1. The second-order valence-electron chi connectivity index (χ2n) is 3.01. The predicted octanol–water partition coefficient (Wildman–Crippen LogP) is 1.74. The Hall–Kier alpha value is -0.710. The highest BCUT2D eigenvalue weighted by atomic mass is 32.1. The zero-order valence-electron chi connectivity index (χ0n) is 8.23. The fourth-order valence-corrected chi connectivity index (χ4v) is 1.78. The van der Waals surface area contributed by atoms with Crippen LogP contribution < -0.4 is 5.73 Å². The highest BCUT2D eigenvalue weighted by Gasteiger charge is 2.16. The number of rotatable bonds is 6. The monoisotopic (exact) mass is 213 g/mol. The van der Waals surface area contributed by atoms with E-state index in [0.717, 1.165) is 11.3 Å². The molecular formula is C10H15NO2S. The maximum Gasteiger partial charge on any atom is 0.180 e. The molecule has 0 saturated heterocycles. The number of carbonyl (C=O) groups is 1. The molecule has 0 fully saturated rings. The molecule has 0 spiro atoms. The van der Waals surface area contributed by atoms with Crippen LogP contribution in [0.5, 0.6) is 0 Å². The quantitative estimate of drug-likeness (QED) is 0.732. The number of thiophene rings is 1. The molecule has 1 rings (SSSR count). The smallest absolute Gasteiger partial charge is 0.180 e. The number of ketones is 1. The standard InChI is InChI=1S/C10H15NO2S/c1-2-5-13-7-8(12)10(11)9-4-3-6-14-9/h3-4,6,10H,2,5,7,11H2,1H3. The van der Waals surface area contributed by atoms with Gasteiger partial charge >= 0.3 is 0 Å². The first-order valence-corrected chi connectivity index (χ1v) is 5.53. The molecule has 0 aliphatic carbocycles. The molecule has 0 aliphatic rings. The zero-order valence-corrected chi connectivity index (χ0v) is 9.05. The summed E-state index contributed by atoms with van der Waals surface area (Å²) < 4.78 is 5.14. The van der Waals surface area contributed by atoms with Gasteiger partial charge in [-0.05, 0) is 17.9 Å². The number of ether oxygens (including phenoxy) is 1. The van der Waals surface area contributed by atoms with Gasteiger partial charge in [-0.15, -0.1) is 11.3 Å². The van der Waals surface area contributed by atoms with Crippen molar-refractivity contribution in [3.8, 4) is 0 Å². The van der Waals surface area contributed by atoms with Crippen molar-refractivity contribution in [3.05, 3.63) is 22.4 Å². The molecule has 3 nitrogen and oxygen atoms in total. The first kappa shape index (κ1) is 11.4. The van der Waals surface area contributed by atoms with E-state index in [-0.39, 0.29) is 12.4 Å². The minimum Gasteiger partial charge on any atom is -0.374 e. The largest absolute Gasteiger partial charge is 0.374 e. The van der Waals surface area contributed by atoms with E-state index in [4.69, 9.17) is 10.5 Å². The molecule has 0 bridgehead atoms. The molecule has 0 radical (unpaired) electrons. The number of carbonyl (C=O) groups excluding carboxylic acids is 1. The highest BCUT2D eigenvalue weighted by molar-refractivity contribution is 7.10. The fourth-order valence-electron chi connectivity index (χ4n) is 1.03. The summed E-state index contributed by atoms with van der Waals surface area (Å²) in [6, 6.07) is 3.24. The molecule has 2 N–H and O–H groups in total. The van der Waals surface area contributed by atoms with Crippen LogP contribution >= 0.6 is 11.3 Å². The molecular weight excluding hydrogens is 198 g/mol. The van der Waals surface area contributed by atoms with Gasteiger partial charge in [0, 0.05) is 11.5 Å². The Labute approximate surface area is 87.9 Å². The van der Waals surface area contributed by atoms with Crippen molar-refractivity contribution in [3.63, 3.8) is 0 Å². The Bertz CT molecular complexity index is 272. The van der Waals surface area contributed by atoms with E-state index in [2.05, 4.69) is 0 Å². The molecule has 1 aromatic rings. The second-order valence-corrected chi connectivity index (χ2v) is 3.99. The van der Waals surface area contributed by atoms with Gasteiger partial charge in [0.05, 0.1) is 0 Å². The van der Waals surface area contributed by atoms with Gasteiger partial charge in [-0.25, -0.2) is 0 Å². The van der Waals surface area contributed by atoms with Gasteiger partial charge in [-0.3, -0.25) is 4.79 Å². The lowest BCUT2D eigenvalue weighted by molar-refractivity contribution is -0.124. The van der Waals surface area contributed by atoms with Crippen LogP contribution in [0, 0.1) is 0 Å². The first-order chi connectivity index (χ1) is 6.75. The molecule has 1 unspecified atom stereocenters. The summed E-state index contributed by atoms with van der Waals surface area (Å²) in [5, 5.41) is 1.91. The summed E-state index contributed by atoms with van der Waals surface area (Å²) in [7, 11) is 0. The highest BCUT2D eigenvalue weighted by Crippen LogP contribution is 2.17. The topological polar surface area (TPSA) is 52.3 Å². The third kappa shape index (κ3) is 3.21. The van der Waals surface area contributed by atoms with Crippen LogP contribution in [0.4, 0.5) is 0 Å². The van der Waals surface area contributed by atoms with Gasteiger partial charge in [0.25, 0.3) is 0 Å². The minimum absolute atomic E-state index is 0.0547. The summed E-state index contributed by atoms with van der Waals surface area (Å²) in [6.45, 7) is 2.74. The van der Waals surface area contributed by atoms with Gasteiger partial charge in [-0.2, -0.15) is 0 Å². The van der Waals surface area contributed by atoms with Gasteiger partial charge < -0.3 is 10.5 Å². The van der Waals surface area contributed by atoms with Gasteiger partial charge in [0.2, 0.25) is 0 Å². The minimum atomic E-state index is -0.521. The van der Waals surface area contributed by atoms with E-state index in [1.165, 1.54) is 11.3 Å². The van der Waals surface area contributed by atoms with Crippen molar-refractivity contribution in [1.29, 1.82) is 0 Å². The molecule has 14 heavy (non-hydrogen) atoms. The summed E-state index contributed by atoms with van der Waals surface area (Å²) in [5.41, 5.74) is 5.75. The Morgan fingerprint density at radius 3 is 3.07 bits per heavy atom. The van der Waals surface area contributed by atoms with Crippen molar-refractivity contribution in [1.82, 2.24) is 0 Å². The fraction of sp³-hybridized carbons (Fsp3) is 0.500. The molecule has 1 atom stereocenters. The third-order valence-corrected chi connectivity index (χ3v) is 2.74. The van der Waals surface area contributed by atoms with Gasteiger partial charge in [0.1, 0.15) is 12.6 Å². The molecule has 1 heterocycles. The van der Waals surface area contributed by atoms with E-state index in [9.17, 15) is 4.79 Å². The van der Waals surface area contributed by atoms with Crippen molar-refractivity contribution in [2.45, 2.75) is 19.4 Å². The van der Waals surface area contributed by atoms with Crippen LogP contribution in [0.2, 0.25) is 0 Å². The summed E-state index contributed by atoms with van der Waals surface area (Å²) in [5.74, 6) is -0.0547.